The molecule has 160 valence electrons. The van der Waals surface area contributed by atoms with Crippen molar-refractivity contribution in [1.29, 1.82) is 0 Å². The van der Waals surface area contributed by atoms with E-state index < -0.39 is 15.9 Å². The molecule has 2 aliphatic rings. The molecule has 0 unspecified atom stereocenters. The quantitative estimate of drug-likeness (QED) is 0.564. The number of amides is 1. The summed E-state index contributed by atoms with van der Waals surface area (Å²) in [6, 6.07) is 7.96. The SMILES string of the molecule is CS(=O)(=O)N1CCN(c2ccc(Nc3nnc(C(N)=O)c(NC4CC4)n3)cc2)CC1. The van der Waals surface area contributed by atoms with Gasteiger partial charge in [-0.15, -0.1) is 10.2 Å². The van der Waals surface area contributed by atoms with Crippen LogP contribution in [-0.4, -0.2) is 72.3 Å². The van der Waals surface area contributed by atoms with Gasteiger partial charge in [-0.1, -0.05) is 0 Å². The number of aromatic nitrogens is 3. The Kier molecular flexibility index (Phi) is 5.43. The van der Waals surface area contributed by atoms with Crippen LogP contribution in [0.1, 0.15) is 23.3 Å². The highest BCUT2D eigenvalue weighted by Crippen LogP contribution is 2.26. The molecule has 0 atom stereocenters. The predicted molar refractivity (Wildman–Crippen MR) is 113 cm³/mol. The van der Waals surface area contributed by atoms with E-state index in [4.69, 9.17) is 5.73 Å². The van der Waals surface area contributed by atoms with Crippen LogP contribution < -0.4 is 21.3 Å². The van der Waals surface area contributed by atoms with Crippen molar-refractivity contribution in [2.45, 2.75) is 18.9 Å². The maximum Gasteiger partial charge on any atom is 0.273 e. The van der Waals surface area contributed by atoms with E-state index in [2.05, 4.69) is 30.7 Å². The van der Waals surface area contributed by atoms with Crippen LogP contribution in [0.4, 0.5) is 23.1 Å². The first-order valence-electron chi connectivity index (χ1n) is 9.68. The number of hydrogen-bond donors (Lipinski definition) is 3. The van der Waals surface area contributed by atoms with E-state index in [1.54, 1.807) is 0 Å². The van der Waals surface area contributed by atoms with Gasteiger partial charge >= 0.3 is 0 Å². The zero-order valence-corrected chi connectivity index (χ0v) is 17.4. The van der Waals surface area contributed by atoms with Crippen LogP contribution in [0, 0.1) is 0 Å². The molecule has 2 fully saturated rings. The van der Waals surface area contributed by atoms with Crippen LogP contribution >= 0.6 is 0 Å². The second-order valence-corrected chi connectivity index (χ2v) is 9.42. The molecule has 11 nitrogen and oxygen atoms in total. The van der Waals surface area contributed by atoms with Crippen molar-refractivity contribution in [2.75, 3.05) is 48.0 Å². The third-order valence-corrected chi connectivity index (χ3v) is 6.34. The van der Waals surface area contributed by atoms with Crippen molar-refractivity contribution >= 4 is 39.1 Å². The summed E-state index contributed by atoms with van der Waals surface area (Å²) in [5, 5.41) is 14.1. The molecule has 1 aromatic carbocycles. The van der Waals surface area contributed by atoms with Crippen molar-refractivity contribution in [3.05, 3.63) is 30.0 Å². The third-order valence-electron chi connectivity index (χ3n) is 5.03. The number of benzene rings is 1. The molecule has 4 rings (SSSR count). The Morgan fingerprint density at radius 3 is 2.33 bits per heavy atom. The lowest BCUT2D eigenvalue weighted by molar-refractivity contribution is 0.0995. The zero-order valence-electron chi connectivity index (χ0n) is 16.6. The van der Waals surface area contributed by atoms with Gasteiger partial charge in [0.05, 0.1) is 6.26 Å². The first kappa shape index (κ1) is 20.3. The number of rotatable bonds is 7. The number of sulfonamides is 1. The Morgan fingerprint density at radius 1 is 1.10 bits per heavy atom. The fraction of sp³-hybridized carbons (Fsp3) is 0.444. The summed E-state index contributed by atoms with van der Waals surface area (Å²) in [5.41, 5.74) is 7.15. The maximum atomic E-state index is 11.6. The Hall–Kier alpha value is -2.99. The number of nitrogens with one attached hydrogen (secondary N) is 2. The van der Waals surface area contributed by atoms with Crippen molar-refractivity contribution in [2.24, 2.45) is 5.73 Å². The largest absolute Gasteiger partial charge is 0.369 e. The van der Waals surface area contributed by atoms with Gasteiger partial charge in [0.2, 0.25) is 16.0 Å². The first-order valence-corrected chi connectivity index (χ1v) is 11.5. The van der Waals surface area contributed by atoms with Gasteiger partial charge in [0.15, 0.2) is 11.5 Å². The molecule has 1 saturated heterocycles. The van der Waals surface area contributed by atoms with Crippen LogP contribution in [0.2, 0.25) is 0 Å². The van der Waals surface area contributed by atoms with Crippen LogP contribution in [0.5, 0.6) is 0 Å². The maximum absolute atomic E-state index is 11.6. The second-order valence-electron chi connectivity index (χ2n) is 7.44. The van der Waals surface area contributed by atoms with Gasteiger partial charge in [-0.2, -0.15) is 9.29 Å². The molecule has 12 heteroatoms. The van der Waals surface area contributed by atoms with Gasteiger partial charge < -0.3 is 21.3 Å². The van der Waals surface area contributed by atoms with E-state index >= 15 is 0 Å². The molecule has 30 heavy (non-hydrogen) atoms. The lowest BCUT2D eigenvalue weighted by Crippen LogP contribution is -2.48. The summed E-state index contributed by atoms with van der Waals surface area (Å²) in [6.07, 6.45) is 3.28. The monoisotopic (exact) mass is 432 g/mol. The normalized spacial score (nSPS) is 17.6. The topological polar surface area (TPSA) is 146 Å². The smallest absolute Gasteiger partial charge is 0.273 e. The third kappa shape index (κ3) is 4.76. The van der Waals surface area contributed by atoms with Gasteiger partial charge in [0.25, 0.3) is 5.91 Å². The number of nitrogens with zero attached hydrogens (tertiary/aromatic N) is 5. The van der Waals surface area contributed by atoms with Gasteiger partial charge in [-0.05, 0) is 37.1 Å². The number of piperazine rings is 1. The van der Waals surface area contributed by atoms with E-state index in [1.165, 1.54) is 10.6 Å². The average molecular weight is 433 g/mol. The van der Waals surface area contributed by atoms with E-state index in [0.29, 0.717) is 32.0 Å². The van der Waals surface area contributed by atoms with Crippen molar-refractivity contribution in [3.8, 4) is 0 Å². The summed E-state index contributed by atoms with van der Waals surface area (Å²) < 4.78 is 24.8. The summed E-state index contributed by atoms with van der Waals surface area (Å²) in [6.45, 7) is 2.22. The standard InChI is InChI=1S/C18H24N8O3S/c1-30(28,29)26-10-8-25(9-11-26)14-6-4-13(5-7-14)21-18-22-17(20-12-2-3-12)15(16(19)27)23-24-18/h4-7,12H,2-3,8-11H2,1H3,(H2,19,27)(H2,20,21,22,24). The lowest BCUT2D eigenvalue weighted by atomic mass is 10.2. The Balaban J connectivity index is 1.42. The number of carbonyl (C=O) groups is 1. The van der Waals surface area contributed by atoms with Gasteiger partial charge in [0.1, 0.15) is 0 Å². The van der Waals surface area contributed by atoms with Crippen LogP contribution in [-0.2, 0) is 10.0 Å². The first-order chi connectivity index (χ1) is 14.3. The summed E-state index contributed by atoms with van der Waals surface area (Å²) in [7, 11) is -3.15. The Morgan fingerprint density at radius 2 is 1.77 bits per heavy atom. The highest BCUT2D eigenvalue weighted by atomic mass is 32.2. The molecular formula is C18H24N8O3S. The average Bonchev–Trinajstić information content (AvgIpc) is 3.52. The molecular weight excluding hydrogens is 408 g/mol. The number of primary amides is 1. The Labute approximate surface area is 174 Å². The van der Waals surface area contributed by atoms with Crippen molar-refractivity contribution in [3.63, 3.8) is 0 Å². The molecule has 1 aliphatic carbocycles. The molecule has 4 N–H and O–H groups in total. The van der Waals surface area contributed by atoms with Crippen LogP contribution in [0.15, 0.2) is 24.3 Å². The number of carbonyl (C=O) groups excluding carboxylic acids is 1. The molecule has 0 bridgehead atoms. The van der Waals surface area contributed by atoms with Gasteiger partial charge in [0, 0.05) is 43.6 Å². The summed E-state index contributed by atoms with van der Waals surface area (Å²) in [5.74, 6) is -0.0782. The zero-order chi connectivity index (χ0) is 21.3. The summed E-state index contributed by atoms with van der Waals surface area (Å²) >= 11 is 0. The van der Waals surface area contributed by atoms with Gasteiger partial charge in [-0.3, -0.25) is 4.79 Å². The number of hydrogen-bond acceptors (Lipinski definition) is 9. The minimum absolute atomic E-state index is 0.0241. The fourth-order valence-corrected chi connectivity index (χ4v) is 4.06. The van der Waals surface area contributed by atoms with E-state index in [0.717, 1.165) is 24.2 Å². The minimum Gasteiger partial charge on any atom is -0.369 e. The molecule has 0 spiro atoms. The second kappa shape index (κ2) is 8.03. The molecule has 2 aromatic rings. The van der Waals surface area contributed by atoms with Crippen molar-refractivity contribution < 1.29 is 13.2 Å². The Bertz CT molecular complexity index is 1030. The van der Waals surface area contributed by atoms with Crippen LogP contribution in [0.25, 0.3) is 0 Å². The molecule has 2 heterocycles. The highest BCUT2D eigenvalue weighted by molar-refractivity contribution is 7.88. The minimum atomic E-state index is -3.15. The molecule has 0 radical (unpaired) electrons. The summed E-state index contributed by atoms with van der Waals surface area (Å²) in [4.78, 5) is 18.0. The van der Waals surface area contributed by atoms with Crippen LogP contribution in [0.3, 0.4) is 0 Å². The van der Waals surface area contributed by atoms with Crippen molar-refractivity contribution in [1.82, 2.24) is 19.5 Å². The van der Waals surface area contributed by atoms with E-state index in [9.17, 15) is 13.2 Å². The van der Waals surface area contributed by atoms with E-state index in [-0.39, 0.29) is 17.7 Å². The highest BCUT2D eigenvalue weighted by Gasteiger charge is 2.25. The number of anilines is 4. The molecule has 1 saturated carbocycles. The predicted octanol–water partition coefficient (Wildman–Crippen LogP) is 0.370. The fourth-order valence-electron chi connectivity index (χ4n) is 3.23. The molecule has 1 aromatic heterocycles. The molecule has 1 aliphatic heterocycles. The lowest BCUT2D eigenvalue weighted by Gasteiger charge is -2.34. The van der Waals surface area contributed by atoms with E-state index in [1.807, 2.05) is 24.3 Å². The van der Waals surface area contributed by atoms with Gasteiger partial charge in [-0.25, -0.2) is 8.42 Å². The number of nitrogens with two attached hydrogens (primary N) is 1. The molecule has 1 amide bonds.